The molecule has 0 amide bonds. The number of nitrogens with two attached hydrogens (primary N) is 2. The van der Waals surface area contributed by atoms with Gasteiger partial charge in [-0.25, -0.2) is 4.79 Å². The zero-order chi connectivity index (χ0) is 22.1. The molecular weight excluding hydrogens is 426 g/mol. The van der Waals surface area contributed by atoms with Gasteiger partial charge in [0.05, 0.1) is 17.2 Å². The highest BCUT2D eigenvalue weighted by Gasteiger charge is 2.28. The summed E-state index contributed by atoms with van der Waals surface area (Å²) in [4.78, 5) is 32.4. The molecule has 162 valence electrons. The van der Waals surface area contributed by atoms with Crippen molar-refractivity contribution in [3.63, 3.8) is 0 Å². The molecule has 2 heterocycles. The van der Waals surface area contributed by atoms with E-state index in [0.29, 0.717) is 23.9 Å². The number of nitrogen functional groups attached to an aromatic ring is 1. The van der Waals surface area contributed by atoms with Crippen LogP contribution in [0, 0.1) is 0 Å². The van der Waals surface area contributed by atoms with Crippen LogP contribution in [0.3, 0.4) is 0 Å². The first-order chi connectivity index (χ1) is 14.1. The summed E-state index contributed by atoms with van der Waals surface area (Å²) in [7, 11) is 1.67. The molecule has 4 N–H and O–H groups in total. The summed E-state index contributed by atoms with van der Waals surface area (Å²) in [5.74, 6) is 0.122. The average molecular weight is 452 g/mol. The van der Waals surface area contributed by atoms with Gasteiger partial charge in [0.2, 0.25) is 5.95 Å². The summed E-state index contributed by atoms with van der Waals surface area (Å²) in [5, 5.41) is 0.213. The Morgan fingerprint density at radius 3 is 2.67 bits per heavy atom. The second-order valence-electron chi connectivity index (χ2n) is 7.57. The van der Waals surface area contributed by atoms with E-state index in [1.807, 2.05) is 11.8 Å². The fourth-order valence-corrected chi connectivity index (χ4v) is 4.51. The molecule has 0 unspecified atom stereocenters. The third kappa shape index (κ3) is 4.58. The third-order valence-electron chi connectivity index (χ3n) is 5.11. The van der Waals surface area contributed by atoms with Gasteiger partial charge >= 0.3 is 5.97 Å². The Morgan fingerprint density at radius 1 is 1.37 bits per heavy atom. The second-order valence-corrected chi connectivity index (χ2v) is 9.00. The fourth-order valence-electron chi connectivity index (χ4n) is 3.25. The Balaban J connectivity index is 1.92. The summed E-state index contributed by atoms with van der Waals surface area (Å²) in [6.07, 6.45) is 1.60. The fraction of sp³-hybridized carbons (Fsp3) is 0.450. The van der Waals surface area contributed by atoms with Gasteiger partial charge in [-0.05, 0) is 38.8 Å². The van der Waals surface area contributed by atoms with Crippen molar-refractivity contribution < 1.29 is 9.53 Å². The van der Waals surface area contributed by atoms with Gasteiger partial charge in [0.25, 0.3) is 5.56 Å². The van der Waals surface area contributed by atoms with Crippen LogP contribution in [0.4, 0.5) is 11.8 Å². The monoisotopic (exact) mass is 451 g/mol. The van der Waals surface area contributed by atoms with Crippen LogP contribution in [0.25, 0.3) is 0 Å². The number of nitrogens with zero attached hydrogens (tertiary/aromatic N) is 3. The number of aromatic nitrogens is 2. The lowest BCUT2D eigenvalue weighted by Gasteiger charge is -2.37. The normalized spacial score (nSPS) is 15.8. The topological polar surface area (TPSA) is 116 Å². The Bertz CT molecular complexity index is 1010. The molecule has 1 aliphatic heterocycles. The number of hydrogen-bond donors (Lipinski definition) is 2. The van der Waals surface area contributed by atoms with Crippen LogP contribution in [0.15, 0.2) is 32.8 Å². The molecule has 1 aromatic carbocycles. The third-order valence-corrected chi connectivity index (χ3v) is 6.78. The van der Waals surface area contributed by atoms with Crippen molar-refractivity contribution in [3.05, 3.63) is 39.1 Å². The van der Waals surface area contributed by atoms with Gasteiger partial charge in [0.15, 0.2) is 0 Å². The summed E-state index contributed by atoms with van der Waals surface area (Å²) in [6.45, 7) is 5.39. The first-order valence-corrected chi connectivity index (χ1v) is 10.9. The van der Waals surface area contributed by atoms with Crippen LogP contribution in [0.2, 0.25) is 5.02 Å². The highest BCUT2D eigenvalue weighted by atomic mass is 35.5. The predicted octanol–water partition coefficient (Wildman–Crippen LogP) is 2.66. The highest BCUT2D eigenvalue weighted by Crippen LogP contribution is 2.36. The molecule has 1 fully saturated rings. The van der Waals surface area contributed by atoms with Crippen molar-refractivity contribution >= 4 is 41.1 Å². The minimum absolute atomic E-state index is 0.122. The van der Waals surface area contributed by atoms with E-state index in [0.717, 1.165) is 24.6 Å². The zero-order valence-electron chi connectivity index (χ0n) is 17.3. The molecule has 2 aromatic rings. The van der Waals surface area contributed by atoms with Crippen LogP contribution in [0.1, 0.15) is 37.0 Å². The number of rotatable bonds is 5. The molecule has 30 heavy (non-hydrogen) atoms. The van der Waals surface area contributed by atoms with E-state index in [1.165, 1.54) is 4.57 Å². The lowest BCUT2D eigenvalue weighted by molar-refractivity contribution is 0.0526. The van der Waals surface area contributed by atoms with E-state index >= 15 is 0 Å². The molecule has 8 nitrogen and oxygen atoms in total. The van der Waals surface area contributed by atoms with Gasteiger partial charge in [-0.1, -0.05) is 29.4 Å². The van der Waals surface area contributed by atoms with Crippen LogP contribution >= 0.6 is 23.4 Å². The second kappa shape index (κ2) is 8.87. The average Bonchev–Trinajstić information content (AvgIpc) is 2.69. The van der Waals surface area contributed by atoms with Crippen LogP contribution in [0.5, 0.6) is 0 Å². The van der Waals surface area contributed by atoms with Crippen LogP contribution in [-0.4, -0.2) is 40.8 Å². The van der Waals surface area contributed by atoms with E-state index in [-0.39, 0.29) is 39.0 Å². The van der Waals surface area contributed by atoms with E-state index in [4.69, 9.17) is 27.8 Å². The molecule has 1 aromatic heterocycles. The largest absolute Gasteiger partial charge is 0.462 e. The lowest BCUT2D eigenvalue weighted by atomic mass is 9.91. The maximum atomic E-state index is 13.1. The Kier molecular flexibility index (Phi) is 6.64. The molecule has 3 rings (SSSR count). The molecule has 0 aliphatic carbocycles. The van der Waals surface area contributed by atoms with Gasteiger partial charge in [-0.2, -0.15) is 4.98 Å². The smallest absolute Gasteiger partial charge is 0.339 e. The SMILES string of the molecule is CCOC(=O)c1cccc(Sc2c(N)nc(N3CCC(C)(N)CC3)n(C)c2=O)c1Cl. The molecule has 0 radical (unpaired) electrons. The number of carbonyl (C=O) groups is 1. The summed E-state index contributed by atoms with van der Waals surface area (Å²) < 4.78 is 6.52. The van der Waals surface area contributed by atoms with Gasteiger partial charge in [0, 0.05) is 30.6 Å². The first kappa shape index (κ1) is 22.5. The number of ether oxygens (including phenoxy) is 1. The number of esters is 1. The number of halogens is 1. The number of carbonyl (C=O) groups excluding carboxylic acids is 1. The Hall–Kier alpha value is -2.23. The van der Waals surface area contributed by atoms with E-state index < -0.39 is 5.97 Å². The highest BCUT2D eigenvalue weighted by molar-refractivity contribution is 7.99. The number of benzene rings is 1. The number of anilines is 2. The van der Waals surface area contributed by atoms with E-state index in [1.54, 1.807) is 32.2 Å². The number of hydrogen-bond acceptors (Lipinski definition) is 8. The quantitative estimate of drug-likeness (QED) is 0.666. The summed E-state index contributed by atoms with van der Waals surface area (Å²) >= 11 is 7.49. The molecular formula is C20H26ClN5O3S. The van der Waals surface area contributed by atoms with Gasteiger partial charge in [0.1, 0.15) is 10.7 Å². The van der Waals surface area contributed by atoms with E-state index in [9.17, 15) is 9.59 Å². The van der Waals surface area contributed by atoms with Crippen LogP contribution in [-0.2, 0) is 11.8 Å². The Labute approximate surface area is 184 Å². The van der Waals surface area contributed by atoms with Crippen molar-refractivity contribution in [2.24, 2.45) is 12.8 Å². The Morgan fingerprint density at radius 2 is 2.03 bits per heavy atom. The number of piperidine rings is 1. The molecule has 0 atom stereocenters. The van der Waals surface area contributed by atoms with Gasteiger partial charge in [-0.3, -0.25) is 9.36 Å². The molecule has 0 saturated carbocycles. The first-order valence-electron chi connectivity index (χ1n) is 9.68. The maximum absolute atomic E-state index is 13.1. The van der Waals surface area contributed by atoms with Gasteiger partial charge < -0.3 is 21.1 Å². The van der Waals surface area contributed by atoms with E-state index in [2.05, 4.69) is 4.98 Å². The molecule has 1 saturated heterocycles. The minimum Gasteiger partial charge on any atom is -0.462 e. The summed E-state index contributed by atoms with van der Waals surface area (Å²) in [5.41, 5.74) is 12.1. The van der Waals surface area contributed by atoms with Crippen LogP contribution < -0.4 is 21.9 Å². The van der Waals surface area contributed by atoms with Crippen molar-refractivity contribution in [1.29, 1.82) is 0 Å². The summed E-state index contributed by atoms with van der Waals surface area (Å²) in [6, 6.07) is 4.98. The predicted molar refractivity (Wildman–Crippen MR) is 119 cm³/mol. The molecule has 0 spiro atoms. The van der Waals surface area contributed by atoms with Crippen molar-refractivity contribution in [2.75, 3.05) is 30.3 Å². The molecule has 1 aliphatic rings. The standard InChI is InChI=1S/C20H26ClN5O3S/c1-4-29-18(28)12-6-5-7-13(14(12)21)30-15-16(22)24-19(25(3)17(15)27)26-10-8-20(2,23)9-11-26/h5-7H,4,8-11,22-23H2,1-3H3. The lowest BCUT2D eigenvalue weighted by Crippen LogP contribution is -2.49. The van der Waals surface area contributed by atoms with Crippen molar-refractivity contribution in [2.45, 2.75) is 42.0 Å². The van der Waals surface area contributed by atoms with Gasteiger partial charge in [-0.15, -0.1) is 0 Å². The van der Waals surface area contributed by atoms with Crippen molar-refractivity contribution in [1.82, 2.24) is 9.55 Å². The zero-order valence-corrected chi connectivity index (χ0v) is 18.8. The van der Waals surface area contributed by atoms with Crippen molar-refractivity contribution in [3.8, 4) is 0 Å². The molecule has 0 bridgehead atoms. The minimum atomic E-state index is -0.517. The maximum Gasteiger partial charge on any atom is 0.339 e. The molecule has 10 heteroatoms.